The minimum atomic E-state index is -1.44. The molecule has 10 atom stereocenters. The van der Waals surface area contributed by atoms with E-state index in [-0.39, 0.29) is 0 Å². The summed E-state index contributed by atoms with van der Waals surface area (Å²) in [5.74, 6) is 7.35. The number of benzene rings is 2. The van der Waals surface area contributed by atoms with Gasteiger partial charge in [-0.3, -0.25) is 0 Å². The molecule has 0 aliphatic heterocycles. The van der Waals surface area contributed by atoms with Crippen LogP contribution in [0.25, 0.3) is 0 Å². The van der Waals surface area contributed by atoms with Gasteiger partial charge >= 0.3 is 0 Å². The topological polar surface area (TPSA) is 0 Å². The fraction of sp³-hybridized carbons (Fsp3) is 0.647. The molecule has 0 radical (unpaired) electrons. The molecule has 4 aliphatic rings. The van der Waals surface area contributed by atoms with E-state index in [0.29, 0.717) is 0 Å². The minimum absolute atomic E-state index is 0.818. The van der Waals surface area contributed by atoms with E-state index < -0.39 is 8.07 Å². The maximum absolute atomic E-state index is 2.87. The first kappa shape index (κ1) is 24.0. The monoisotopic (exact) mass is 484 g/mol. The third-order valence-corrected chi connectivity index (χ3v) is 17.3. The van der Waals surface area contributed by atoms with Crippen LogP contribution in [0.15, 0.2) is 60.7 Å². The van der Waals surface area contributed by atoms with E-state index in [2.05, 4.69) is 87.6 Å². The van der Waals surface area contributed by atoms with Crippen molar-refractivity contribution in [2.75, 3.05) is 0 Å². The van der Waals surface area contributed by atoms with Crippen molar-refractivity contribution in [3.63, 3.8) is 0 Å². The van der Waals surface area contributed by atoms with Crippen molar-refractivity contribution >= 4 is 8.07 Å². The van der Waals surface area contributed by atoms with E-state index in [1.807, 2.05) is 0 Å². The molecular weight excluding hydrogens is 436 g/mol. The Morgan fingerprint density at radius 1 is 0.543 bits per heavy atom. The summed E-state index contributed by atoms with van der Waals surface area (Å²) in [5, 5.41) is 0. The van der Waals surface area contributed by atoms with Gasteiger partial charge in [0, 0.05) is 0 Å². The third-order valence-electron chi connectivity index (χ3n) is 11.8. The average molecular weight is 485 g/mol. The van der Waals surface area contributed by atoms with Crippen molar-refractivity contribution in [3.05, 3.63) is 71.8 Å². The molecule has 9 unspecified atom stereocenters. The maximum Gasteiger partial charge on any atom is 0.0546 e. The number of hydrogen-bond donors (Lipinski definition) is 0. The van der Waals surface area contributed by atoms with Gasteiger partial charge in [0.05, 0.1) is 8.07 Å². The van der Waals surface area contributed by atoms with Gasteiger partial charge in [0.25, 0.3) is 0 Å². The molecule has 0 saturated heterocycles. The maximum atomic E-state index is 2.87. The van der Waals surface area contributed by atoms with Crippen molar-refractivity contribution in [3.8, 4) is 0 Å². The summed E-state index contributed by atoms with van der Waals surface area (Å²) >= 11 is 0. The van der Waals surface area contributed by atoms with Gasteiger partial charge in [0.1, 0.15) is 0 Å². The number of hydrogen-bond acceptors (Lipinski definition) is 0. The second kappa shape index (κ2) is 9.51. The van der Waals surface area contributed by atoms with Crippen LogP contribution < -0.4 is 0 Å². The normalized spacial score (nSPS) is 41.4. The van der Waals surface area contributed by atoms with E-state index in [1.54, 1.807) is 11.1 Å². The van der Waals surface area contributed by atoms with Crippen molar-refractivity contribution in [2.24, 2.45) is 35.5 Å². The fourth-order valence-corrected chi connectivity index (χ4v) is 17.9. The molecule has 0 spiro atoms. The lowest BCUT2D eigenvalue weighted by Gasteiger charge is -2.49. The molecule has 35 heavy (non-hydrogen) atoms. The first-order chi connectivity index (χ1) is 17.0. The first-order valence-corrected chi connectivity index (χ1v) is 18.2. The lowest BCUT2D eigenvalue weighted by atomic mass is 9.71. The average Bonchev–Trinajstić information content (AvgIpc) is 3.41. The highest BCUT2D eigenvalue weighted by molar-refractivity contribution is 6.80. The van der Waals surface area contributed by atoms with Gasteiger partial charge in [0.2, 0.25) is 0 Å². The smallest absolute Gasteiger partial charge is 0.0546 e. The molecule has 2 aromatic carbocycles. The zero-order chi connectivity index (χ0) is 24.2. The van der Waals surface area contributed by atoms with Crippen molar-refractivity contribution in [1.29, 1.82) is 0 Å². The Hall–Kier alpha value is -1.34. The Balaban J connectivity index is 1.28. The summed E-state index contributed by atoms with van der Waals surface area (Å²) < 4.78 is 0. The van der Waals surface area contributed by atoms with Crippen molar-refractivity contribution in [2.45, 2.75) is 101 Å². The summed E-state index contributed by atoms with van der Waals surface area (Å²) in [6.07, 6.45) is 11.8. The van der Waals surface area contributed by atoms with Gasteiger partial charge in [0.15, 0.2) is 0 Å². The molecule has 0 amide bonds. The van der Waals surface area contributed by atoms with Gasteiger partial charge in [-0.2, -0.15) is 0 Å². The van der Waals surface area contributed by atoms with Crippen LogP contribution in [0.5, 0.6) is 0 Å². The highest BCUT2D eigenvalue weighted by atomic mass is 28.3. The van der Waals surface area contributed by atoms with Crippen LogP contribution in [-0.2, 0) is 0 Å². The van der Waals surface area contributed by atoms with Crippen LogP contribution in [0, 0.1) is 35.5 Å². The molecule has 4 saturated carbocycles. The van der Waals surface area contributed by atoms with Gasteiger partial charge in [-0.05, 0) is 95.2 Å². The second-order valence-electron chi connectivity index (χ2n) is 13.9. The molecule has 0 aromatic heterocycles. The molecule has 0 bridgehead atoms. The molecule has 0 N–H and O–H groups in total. The van der Waals surface area contributed by atoms with Gasteiger partial charge in [-0.25, -0.2) is 0 Å². The van der Waals surface area contributed by atoms with Crippen LogP contribution >= 0.6 is 0 Å². The second-order valence-corrected chi connectivity index (χ2v) is 18.8. The van der Waals surface area contributed by atoms with Crippen molar-refractivity contribution < 1.29 is 0 Å². The van der Waals surface area contributed by atoms with Crippen LogP contribution in [0.3, 0.4) is 0 Å². The Labute approximate surface area is 216 Å². The Bertz CT molecular complexity index is 901. The molecular formula is C34H48Si. The van der Waals surface area contributed by atoms with E-state index in [9.17, 15) is 0 Å². The largest absolute Gasteiger partial charge is 0.0689 e. The van der Waals surface area contributed by atoms with Crippen molar-refractivity contribution in [1.82, 2.24) is 0 Å². The number of rotatable bonds is 4. The summed E-state index contributed by atoms with van der Waals surface area (Å²) in [6, 6.07) is 23.2. The summed E-state index contributed by atoms with van der Waals surface area (Å²) in [5.41, 5.74) is 5.34. The predicted molar refractivity (Wildman–Crippen MR) is 153 cm³/mol. The summed E-state index contributed by atoms with van der Waals surface area (Å²) in [7, 11) is -1.44. The van der Waals surface area contributed by atoms with Gasteiger partial charge < -0.3 is 0 Å². The zero-order valence-electron chi connectivity index (χ0n) is 22.7. The summed E-state index contributed by atoms with van der Waals surface area (Å²) in [6.45, 7) is 11.1. The molecule has 2 aromatic rings. The van der Waals surface area contributed by atoms with Gasteiger partial charge in [-0.1, -0.05) is 113 Å². The van der Waals surface area contributed by atoms with Crippen LogP contribution in [0.4, 0.5) is 0 Å². The molecule has 4 aliphatic carbocycles. The molecule has 1 heteroatoms. The molecule has 0 nitrogen and oxygen atoms in total. The molecule has 6 rings (SSSR count). The SMILES string of the molecule is CC1CC2C(c3ccccc3)CCCC2C1[Si](C)(C)C1C2CCCC(c3ccccc3)C2C[C@H]1C. The molecule has 4 fully saturated rings. The summed E-state index contributed by atoms with van der Waals surface area (Å²) in [4.78, 5) is 0. The van der Waals surface area contributed by atoms with E-state index in [4.69, 9.17) is 0 Å². The highest BCUT2D eigenvalue weighted by Gasteiger charge is 2.59. The Morgan fingerprint density at radius 3 is 1.34 bits per heavy atom. The van der Waals surface area contributed by atoms with Gasteiger partial charge in [-0.15, -0.1) is 0 Å². The minimum Gasteiger partial charge on any atom is -0.0689 e. The van der Waals surface area contributed by atoms with Crippen LogP contribution in [-0.4, -0.2) is 8.07 Å². The van der Waals surface area contributed by atoms with E-state index >= 15 is 0 Å². The molecule has 0 heterocycles. The lowest BCUT2D eigenvalue weighted by Crippen LogP contribution is -2.47. The Kier molecular flexibility index (Phi) is 6.53. The molecule has 188 valence electrons. The Morgan fingerprint density at radius 2 is 0.943 bits per heavy atom. The lowest BCUT2D eigenvalue weighted by molar-refractivity contribution is 0.226. The first-order valence-electron chi connectivity index (χ1n) is 15.1. The third kappa shape index (κ3) is 4.09. The highest BCUT2D eigenvalue weighted by Crippen LogP contribution is 2.67. The van der Waals surface area contributed by atoms with Crippen LogP contribution in [0.2, 0.25) is 24.2 Å². The zero-order valence-corrected chi connectivity index (χ0v) is 23.7. The predicted octanol–water partition coefficient (Wildman–Crippen LogP) is 9.91. The van der Waals surface area contributed by atoms with E-state index in [0.717, 1.165) is 58.4 Å². The quantitative estimate of drug-likeness (QED) is 0.379. The standard InChI is InChI=1S/C34H48Si/c1-23-21-31-27(25-13-7-5-8-14-25)17-11-19-29(31)33(23)35(3,4)34-24(2)22-32-28(18-12-20-30(32)34)26-15-9-6-10-16-26/h5-10,13-16,23-24,27-34H,11-12,17-22H2,1-4H3/t23-,24?,27?,28?,29?,30?,31?,32?,33?,34?/m1/s1. The van der Waals surface area contributed by atoms with E-state index in [1.165, 1.54) is 51.4 Å². The number of fused-ring (bicyclic) bond motifs is 2. The fourth-order valence-electron chi connectivity index (χ4n) is 11.2. The van der Waals surface area contributed by atoms with Crippen LogP contribution in [0.1, 0.15) is 88.2 Å².